The molecule has 0 saturated heterocycles. The van der Waals surface area contributed by atoms with Gasteiger partial charge in [0.15, 0.2) is 0 Å². The van der Waals surface area contributed by atoms with Crippen molar-refractivity contribution in [3.8, 4) is 0 Å². The van der Waals surface area contributed by atoms with Crippen LogP contribution in [0.25, 0.3) is 0 Å². The third-order valence-corrected chi connectivity index (χ3v) is 6.13. The normalized spacial score (nSPS) is 17.1. The minimum Gasteiger partial charge on any atom is -0.383 e. The molecule has 0 unspecified atom stereocenters. The molecule has 0 fully saturated rings. The van der Waals surface area contributed by atoms with Gasteiger partial charge in [0.1, 0.15) is 5.38 Å². The Balaban J connectivity index is 1.85. The van der Waals surface area contributed by atoms with Crippen LogP contribution in [-0.4, -0.2) is 60.3 Å². The molecule has 0 bridgehead atoms. The quantitative estimate of drug-likeness (QED) is 0.645. The van der Waals surface area contributed by atoms with Crippen LogP contribution in [0.15, 0.2) is 41.8 Å². The van der Waals surface area contributed by atoms with E-state index >= 15 is 0 Å². The van der Waals surface area contributed by atoms with E-state index in [-0.39, 0.29) is 24.4 Å². The van der Waals surface area contributed by atoms with Crippen molar-refractivity contribution in [1.82, 2.24) is 9.80 Å². The maximum absolute atomic E-state index is 13.3. The van der Waals surface area contributed by atoms with Gasteiger partial charge in [0, 0.05) is 25.1 Å². The predicted molar refractivity (Wildman–Crippen MR) is 112 cm³/mol. The second kappa shape index (κ2) is 9.54. The highest BCUT2D eigenvalue weighted by Gasteiger charge is 2.34. The molecule has 28 heavy (non-hydrogen) atoms. The molecule has 0 aliphatic carbocycles. The maximum Gasteiger partial charge on any atom is 0.242 e. The molecular formula is C21H25ClN2O3S. The van der Waals surface area contributed by atoms with Crippen molar-refractivity contribution in [1.29, 1.82) is 0 Å². The monoisotopic (exact) mass is 420 g/mol. The van der Waals surface area contributed by atoms with Crippen LogP contribution in [0.5, 0.6) is 0 Å². The molecule has 2 heterocycles. The lowest BCUT2D eigenvalue weighted by Crippen LogP contribution is -2.48. The van der Waals surface area contributed by atoms with Gasteiger partial charge in [-0.3, -0.25) is 9.59 Å². The van der Waals surface area contributed by atoms with E-state index in [1.165, 1.54) is 15.3 Å². The summed E-state index contributed by atoms with van der Waals surface area (Å²) in [4.78, 5) is 30.4. The van der Waals surface area contributed by atoms with E-state index in [1.807, 2.05) is 35.2 Å². The Hall–Kier alpha value is -1.89. The molecule has 2 amide bonds. The first-order chi connectivity index (χ1) is 13.5. The largest absolute Gasteiger partial charge is 0.383 e. The fraction of sp³-hybridized carbons (Fsp3) is 0.429. The highest BCUT2D eigenvalue weighted by atomic mass is 35.5. The van der Waals surface area contributed by atoms with Gasteiger partial charge in [0.05, 0.1) is 19.2 Å². The summed E-state index contributed by atoms with van der Waals surface area (Å²) in [7, 11) is 1.57. The SMILES string of the molecule is COCCN(CC(=O)N1CCc2sccc2[C@H]1c1ccccc1)C(=O)[C@H](C)Cl. The molecule has 0 radical (unpaired) electrons. The zero-order valence-corrected chi connectivity index (χ0v) is 17.7. The number of ether oxygens (including phenoxy) is 1. The number of alkyl halides is 1. The van der Waals surface area contributed by atoms with Crippen molar-refractivity contribution in [2.75, 3.05) is 33.4 Å². The molecular weight excluding hydrogens is 396 g/mol. The van der Waals surface area contributed by atoms with Gasteiger partial charge >= 0.3 is 0 Å². The van der Waals surface area contributed by atoms with Crippen LogP contribution in [-0.2, 0) is 20.7 Å². The summed E-state index contributed by atoms with van der Waals surface area (Å²) in [5.41, 5.74) is 2.26. The number of hydrogen-bond acceptors (Lipinski definition) is 4. The minimum absolute atomic E-state index is 0.00204. The number of amides is 2. The Kier molecular flexibility index (Phi) is 7.10. The molecule has 0 saturated carbocycles. The lowest BCUT2D eigenvalue weighted by atomic mass is 9.93. The van der Waals surface area contributed by atoms with Gasteiger partial charge in [-0.15, -0.1) is 22.9 Å². The second-order valence-corrected chi connectivity index (χ2v) is 8.47. The van der Waals surface area contributed by atoms with Gasteiger partial charge in [-0.2, -0.15) is 0 Å². The summed E-state index contributed by atoms with van der Waals surface area (Å²) in [6.45, 7) is 2.96. The van der Waals surface area contributed by atoms with Crippen LogP contribution in [0.1, 0.15) is 29.0 Å². The third-order valence-electron chi connectivity index (χ3n) is 4.94. The van der Waals surface area contributed by atoms with Crippen LogP contribution in [0.4, 0.5) is 0 Å². The van der Waals surface area contributed by atoms with Crippen molar-refractivity contribution < 1.29 is 14.3 Å². The number of fused-ring (bicyclic) bond motifs is 1. The number of methoxy groups -OCH3 is 1. The van der Waals surface area contributed by atoms with Crippen molar-refractivity contribution in [2.24, 2.45) is 0 Å². The van der Waals surface area contributed by atoms with Crippen LogP contribution in [0.3, 0.4) is 0 Å². The highest BCUT2D eigenvalue weighted by molar-refractivity contribution is 7.10. The van der Waals surface area contributed by atoms with E-state index < -0.39 is 5.38 Å². The number of halogens is 1. The van der Waals surface area contributed by atoms with Crippen LogP contribution in [0.2, 0.25) is 0 Å². The summed E-state index contributed by atoms with van der Waals surface area (Å²) >= 11 is 7.73. The number of carbonyl (C=O) groups excluding carboxylic acids is 2. The molecule has 2 aromatic rings. The van der Waals surface area contributed by atoms with E-state index in [0.717, 1.165) is 12.0 Å². The summed E-state index contributed by atoms with van der Waals surface area (Å²) in [5.74, 6) is -0.330. The van der Waals surface area contributed by atoms with Gasteiger partial charge < -0.3 is 14.5 Å². The standard InChI is InChI=1S/C21H25ClN2O3S/c1-15(22)21(26)23(11-12-27-2)14-19(25)24-10-8-18-17(9-13-28-18)20(24)16-6-4-3-5-7-16/h3-7,9,13,15,20H,8,10-12,14H2,1-2H3/t15-,20+/m0/s1. The van der Waals surface area contributed by atoms with Gasteiger partial charge in [0.25, 0.3) is 0 Å². The van der Waals surface area contributed by atoms with Crippen molar-refractivity contribution in [2.45, 2.75) is 24.8 Å². The summed E-state index contributed by atoms with van der Waals surface area (Å²) in [6, 6.07) is 12.0. The number of hydrogen-bond donors (Lipinski definition) is 0. The van der Waals surface area contributed by atoms with E-state index in [2.05, 4.69) is 11.4 Å². The van der Waals surface area contributed by atoms with E-state index in [4.69, 9.17) is 16.3 Å². The summed E-state index contributed by atoms with van der Waals surface area (Å²) in [5, 5.41) is 1.40. The van der Waals surface area contributed by atoms with Crippen molar-refractivity contribution in [3.63, 3.8) is 0 Å². The predicted octanol–water partition coefficient (Wildman–Crippen LogP) is 3.32. The van der Waals surface area contributed by atoms with Crippen molar-refractivity contribution >= 4 is 34.8 Å². The number of nitrogens with zero attached hydrogens (tertiary/aromatic N) is 2. The van der Waals surface area contributed by atoms with Gasteiger partial charge in [-0.05, 0) is 35.9 Å². The van der Waals surface area contributed by atoms with E-state index in [9.17, 15) is 9.59 Å². The number of thiophene rings is 1. The van der Waals surface area contributed by atoms with Crippen LogP contribution >= 0.6 is 22.9 Å². The zero-order chi connectivity index (χ0) is 20.1. The van der Waals surface area contributed by atoms with E-state index in [1.54, 1.807) is 25.4 Å². The van der Waals surface area contributed by atoms with Gasteiger partial charge in [0.2, 0.25) is 11.8 Å². The Morgan fingerprint density at radius 3 is 2.75 bits per heavy atom. The third kappa shape index (κ3) is 4.57. The summed E-state index contributed by atoms with van der Waals surface area (Å²) < 4.78 is 5.10. The highest BCUT2D eigenvalue weighted by Crippen LogP contribution is 2.37. The molecule has 0 spiro atoms. The van der Waals surface area contributed by atoms with Gasteiger partial charge in [-0.1, -0.05) is 30.3 Å². The fourth-order valence-corrected chi connectivity index (χ4v) is 4.60. The smallest absolute Gasteiger partial charge is 0.242 e. The van der Waals surface area contributed by atoms with Crippen LogP contribution in [0, 0.1) is 0 Å². The molecule has 2 atom stereocenters. The number of carbonyl (C=O) groups is 2. The Labute approximate surface area is 174 Å². The zero-order valence-electron chi connectivity index (χ0n) is 16.1. The molecule has 1 aliphatic heterocycles. The first kappa shape index (κ1) is 20.8. The van der Waals surface area contributed by atoms with Gasteiger partial charge in [-0.25, -0.2) is 0 Å². The second-order valence-electron chi connectivity index (χ2n) is 6.82. The average Bonchev–Trinajstić information content (AvgIpc) is 3.19. The average molecular weight is 421 g/mol. The van der Waals surface area contributed by atoms with Crippen LogP contribution < -0.4 is 0 Å². The lowest BCUT2D eigenvalue weighted by Gasteiger charge is -2.37. The molecule has 150 valence electrons. The Bertz CT molecular complexity index is 809. The maximum atomic E-state index is 13.3. The van der Waals surface area contributed by atoms with Crippen molar-refractivity contribution in [3.05, 3.63) is 57.8 Å². The molecule has 3 rings (SSSR count). The molecule has 1 aromatic heterocycles. The Morgan fingerprint density at radius 2 is 2.07 bits per heavy atom. The first-order valence-electron chi connectivity index (χ1n) is 9.35. The topological polar surface area (TPSA) is 49.9 Å². The lowest BCUT2D eigenvalue weighted by molar-refractivity contribution is -0.141. The number of benzene rings is 1. The minimum atomic E-state index is -0.681. The molecule has 1 aromatic carbocycles. The number of rotatable bonds is 7. The molecule has 1 aliphatic rings. The van der Waals surface area contributed by atoms with E-state index in [0.29, 0.717) is 19.7 Å². The Morgan fingerprint density at radius 1 is 1.32 bits per heavy atom. The molecule has 7 heteroatoms. The fourth-order valence-electron chi connectivity index (χ4n) is 3.55. The molecule has 0 N–H and O–H groups in total. The summed E-state index contributed by atoms with van der Waals surface area (Å²) in [6.07, 6.45) is 0.833. The first-order valence-corrected chi connectivity index (χ1v) is 10.7. The molecule has 5 nitrogen and oxygen atoms in total.